The molecule has 3 aromatic heterocycles. The molecule has 0 bridgehead atoms. The molecule has 0 atom stereocenters. The van der Waals surface area contributed by atoms with Gasteiger partial charge in [-0.05, 0) is 36.6 Å². The first kappa shape index (κ1) is 13.3. The molecular weight excluding hydrogens is 264 g/mol. The molecule has 0 saturated carbocycles. The van der Waals surface area contributed by atoms with Gasteiger partial charge in [-0.2, -0.15) is 0 Å². The van der Waals surface area contributed by atoms with Gasteiger partial charge >= 0.3 is 0 Å². The highest BCUT2D eigenvalue weighted by molar-refractivity contribution is 5.89. The molecule has 0 aliphatic rings. The van der Waals surface area contributed by atoms with E-state index in [-0.39, 0.29) is 5.91 Å². The van der Waals surface area contributed by atoms with E-state index >= 15 is 0 Å². The highest BCUT2D eigenvalue weighted by atomic mass is 16.1. The quantitative estimate of drug-likeness (QED) is 0.781. The summed E-state index contributed by atoms with van der Waals surface area (Å²) in [6.07, 6.45) is 9.32. The van der Waals surface area contributed by atoms with E-state index in [9.17, 15) is 4.79 Å². The molecule has 0 radical (unpaired) electrons. The lowest BCUT2D eigenvalue weighted by molar-refractivity contribution is -0.116. The topological polar surface area (TPSA) is 59.3 Å². The Balaban J connectivity index is 1.55. The van der Waals surface area contributed by atoms with Crippen molar-refractivity contribution in [3.8, 4) is 0 Å². The molecule has 3 aromatic rings. The van der Waals surface area contributed by atoms with E-state index in [0.29, 0.717) is 12.4 Å². The molecule has 1 amide bonds. The van der Waals surface area contributed by atoms with Crippen molar-refractivity contribution < 1.29 is 4.79 Å². The van der Waals surface area contributed by atoms with Gasteiger partial charge in [-0.25, -0.2) is 4.98 Å². The van der Waals surface area contributed by atoms with Crippen molar-refractivity contribution in [1.29, 1.82) is 0 Å². The van der Waals surface area contributed by atoms with Crippen LogP contribution in [0.1, 0.15) is 18.4 Å². The Morgan fingerprint density at radius 2 is 2.14 bits per heavy atom. The van der Waals surface area contributed by atoms with E-state index in [1.165, 1.54) is 0 Å². The summed E-state index contributed by atoms with van der Waals surface area (Å²) in [7, 11) is 0. The third-order valence-electron chi connectivity index (χ3n) is 3.28. The fourth-order valence-corrected chi connectivity index (χ4v) is 2.22. The maximum absolute atomic E-state index is 12.0. The standard InChI is InChI=1S/C16H16N4O/c21-15(8-3-5-13-6-4-9-17-11-13)19-16-18-12-14-7-1-2-10-20(14)16/h1-2,4,6-7,9-12H,3,5,8H2,(H,18,19,21). The molecule has 5 heteroatoms. The fourth-order valence-electron chi connectivity index (χ4n) is 2.22. The van der Waals surface area contributed by atoms with Crippen LogP contribution in [0.3, 0.4) is 0 Å². The molecule has 3 heterocycles. The second-order valence-electron chi connectivity index (χ2n) is 4.84. The molecule has 5 nitrogen and oxygen atoms in total. The summed E-state index contributed by atoms with van der Waals surface area (Å²) >= 11 is 0. The number of nitrogens with one attached hydrogen (secondary N) is 1. The molecule has 21 heavy (non-hydrogen) atoms. The van der Waals surface area contributed by atoms with Crippen LogP contribution in [-0.4, -0.2) is 20.3 Å². The second-order valence-corrected chi connectivity index (χ2v) is 4.84. The van der Waals surface area contributed by atoms with Crippen molar-refractivity contribution in [2.24, 2.45) is 0 Å². The monoisotopic (exact) mass is 280 g/mol. The number of anilines is 1. The largest absolute Gasteiger partial charge is 0.296 e. The van der Waals surface area contributed by atoms with Crippen molar-refractivity contribution in [2.75, 3.05) is 5.32 Å². The molecule has 1 N–H and O–H groups in total. The first-order chi connectivity index (χ1) is 10.3. The second kappa shape index (κ2) is 6.17. The first-order valence-corrected chi connectivity index (χ1v) is 6.94. The van der Waals surface area contributed by atoms with Gasteiger partial charge in [0, 0.05) is 25.0 Å². The third kappa shape index (κ3) is 3.25. The third-order valence-corrected chi connectivity index (χ3v) is 3.28. The predicted octanol–water partition coefficient (Wildman–Crippen LogP) is 2.69. The minimum atomic E-state index is -0.0183. The van der Waals surface area contributed by atoms with Crippen LogP contribution in [0.2, 0.25) is 0 Å². The number of rotatable bonds is 5. The molecule has 3 rings (SSSR count). The molecule has 0 fully saturated rings. The highest BCUT2D eigenvalue weighted by Gasteiger charge is 2.07. The number of carbonyl (C=O) groups excluding carboxylic acids is 1. The van der Waals surface area contributed by atoms with Crippen molar-refractivity contribution >= 4 is 17.4 Å². The van der Waals surface area contributed by atoms with Crippen LogP contribution in [0.5, 0.6) is 0 Å². The van der Waals surface area contributed by atoms with Gasteiger partial charge in [0.2, 0.25) is 11.9 Å². The van der Waals surface area contributed by atoms with Gasteiger partial charge in [-0.3, -0.25) is 19.5 Å². The summed E-state index contributed by atoms with van der Waals surface area (Å²) in [4.78, 5) is 20.3. The Morgan fingerprint density at radius 3 is 3.00 bits per heavy atom. The van der Waals surface area contributed by atoms with Crippen LogP contribution in [0.15, 0.2) is 55.1 Å². The van der Waals surface area contributed by atoms with Crippen molar-refractivity contribution in [1.82, 2.24) is 14.4 Å². The number of amides is 1. The molecule has 0 aliphatic heterocycles. The summed E-state index contributed by atoms with van der Waals surface area (Å²) in [5, 5.41) is 2.85. The van der Waals surface area contributed by atoms with E-state index in [4.69, 9.17) is 0 Å². The minimum Gasteiger partial charge on any atom is -0.296 e. The molecule has 0 aromatic carbocycles. The number of pyridine rings is 2. The van der Waals surface area contributed by atoms with Crippen molar-refractivity contribution in [3.63, 3.8) is 0 Å². The van der Waals surface area contributed by atoms with Gasteiger partial charge in [-0.1, -0.05) is 12.1 Å². The number of carbonyl (C=O) groups is 1. The molecule has 0 unspecified atom stereocenters. The lowest BCUT2D eigenvalue weighted by atomic mass is 10.1. The molecule has 0 spiro atoms. The number of fused-ring (bicyclic) bond motifs is 1. The highest BCUT2D eigenvalue weighted by Crippen LogP contribution is 2.11. The van der Waals surface area contributed by atoms with Crippen molar-refractivity contribution in [3.05, 3.63) is 60.7 Å². The van der Waals surface area contributed by atoms with Gasteiger partial charge in [0.05, 0.1) is 11.7 Å². The van der Waals surface area contributed by atoms with Crippen LogP contribution >= 0.6 is 0 Å². The number of aryl methyl sites for hydroxylation is 1. The fraction of sp³-hybridized carbons (Fsp3) is 0.188. The van der Waals surface area contributed by atoms with Gasteiger partial charge < -0.3 is 0 Å². The van der Waals surface area contributed by atoms with E-state index in [1.54, 1.807) is 12.4 Å². The Labute approximate surface area is 122 Å². The summed E-state index contributed by atoms with van der Waals surface area (Å²) in [6, 6.07) is 9.73. The van der Waals surface area contributed by atoms with Gasteiger partial charge in [0.15, 0.2) is 0 Å². The maximum Gasteiger partial charge on any atom is 0.226 e. The summed E-state index contributed by atoms with van der Waals surface area (Å²) in [6.45, 7) is 0. The number of nitrogens with zero attached hydrogens (tertiary/aromatic N) is 3. The zero-order chi connectivity index (χ0) is 14.5. The van der Waals surface area contributed by atoms with Crippen LogP contribution in [-0.2, 0) is 11.2 Å². The first-order valence-electron chi connectivity index (χ1n) is 6.94. The molecular formula is C16H16N4O. The Kier molecular flexibility index (Phi) is 3.91. The van der Waals surface area contributed by atoms with E-state index < -0.39 is 0 Å². The predicted molar refractivity (Wildman–Crippen MR) is 81.0 cm³/mol. The number of imidazole rings is 1. The summed E-state index contributed by atoms with van der Waals surface area (Å²) in [5.41, 5.74) is 2.11. The minimum absolute atomic E-state index is 0.0183. The normalized spacial score (nSPS) is 10.7. The van der Waals surface area contributed by atoms with Crippen LogP contribution in [0.25, 0.3) is 5.52 Å². The Hall–Kier alpha value is -2.69. The molecule has 0 aliphatic carbocycles. The van der Waals surface area contributed by atoms with Crippen LogP contribution in [0.4, 0.5) is 5.95 Å². The SMILES string of the molecule is O=C(CCCc1cccnc1)Nc1ncc2ccccn12. The Morgan fingerprint density at radius 1 is 1.19 bits per heavy atom. The molecule has 0 saturated heterocycles. The smallest absolute Gasteiger partial charge is 0.226 e. The summed E-state index contributed by atoms with van der Waals surface area (Å²) in [5.74, 6) is 0.548. The van der Waals surface area contributed by atoms with Crippen LogP contribution < -0.4 is 5.32 Å². The van der Waals surface area contributed by atoms with E-state index in [0.717, 1.165) is 23.9 Å². The lowest BCUT2D eigenvalue weighted by Gasteiger charge is -2.04. The van der Waals surface area contributed by atoms with Gasteiger partial charge in [0.1, 0.15) is 0 Å². The zero-order valence-electron chi connectivity index (χ0n) is 11.6. The van der Waals surface area contributed by atoms with E-state index in [1.807, 2.05) is 47.1 Å². The lowest BCUT2D eigenvalue weighted by Crippen LogP contribution is -2.13. The van der Waals surface area contributed by atoms with Crippen LogP contribution in [0, 0.1) is 0 Å². The summed E-state index contributed by atoms with van der Waals surface area (Å²) < 4.78 is 1.86. The zero-order valence-corrected chi connectivity index (χ0v) is 11.6. The van der Waals surface area contributed by atoms with Gasteiger partial charge in [-0.15, -0.1) is 0 Å². The average Bonchev–Trinajstić information content (AvgIpc) is 2.92. The van der Waals surface area contributed by atoms with E-state index in [2.05, 4.69) is 15.3 Å². The molecule has 106 valence electrons. The number of aromatic nitrogens is 3. The number of hydrogen-bond acceptors (Lipinski definition) is 3. The Bertz CT molecular complexity index is 736. The van der Waals surface area contributed by atoms with Gasteiger partial charge in [0.25, 0.3) is 0 Å². The van der Waals surface area contributed by atoms with Crippen molar-refractivity contribution in [2.45, 2.75) is 19.3 Å². The maximum atomic E-state index is 12.0. The average molecular weight is 280 g/mol. The number of hydrogen-bond donors (Lipinski definition) is 1.